The van der Waals surface area contributed by atoms with Crippen molar-refractivity contribution in [2.24, 2.45) is 0 Å². The highest BCUT2D eigenvalue weighted by atomic mass is 35.5. The average molecular weight is 386 g/mol. The summed E-state index contributed by atoms with van der Waals surface area (Å²) in [4.78, 5) is -0.247. The number of phenolic OH excluding ortho intramolecular Hbond substituents is 1. The van der Waals surface area contributed by atoms with Gasteiger partial charge in [0.25, 0.3) is 0 Å². The first-order valence-corrected chi connectivity index (χ1v) is 9.85. The predicted octanol–water partition coefficient (Wildman–Crippen LogP) is 4.61. The maximum atomic E-state index is 13.1. The standard InChI is InChI=1S/C17H17Cl2NO3S/c18-13-10-14(19)17(21)16(11-13)24(22,23)20-9-5-4-8-15(20)12-6-2-1-3-7-12/h1-3,6-7,10-11,15,21H,4-5,8-9H2. The molecule has 1 aliphatic heterocycles. The van der Waals surface area contributed by atoms with E-state index in [0.717, 1.165) is 24.8 Å². The van der Waals surface area contributed by atoms with Crippen LogP contribution in [0.2, 0.25) is 10.0 Å². The molecule has 4 nitrogen and oxygen atoms in total. The minimum absolute atomic E-state index is 0.0747. The molecule has 0 spiro atoms. The number of piperidine rings is 1. The smallest absolute Gasteiger partial charge is 0.247 e. The Hall–Kier alpha value is -1.27. The van der Waals surface area contributed by atoms with Crippen molar-refractivity contribution in [3.8, 4) is 5.75 Å². The Morgan fingerprint density at radius 3 is 2.50 bits per heavy atom. The Morgan fingerprint density at radius 2 is 1.79 bits per heavy atom. The lowest BCUT2D eigenvalue weighted by molar-refractivity contribution is 0.255. The van der Waals surface area contributed by atoms with Crippen LogP contribution in [0, 0.1) is 0 Å². The van der Waals surface area contributed by atoms with E-state index in [4.69, 9.17) is 23.2 Å². The zero-order valence-corrected chi connectivity index (χ0v) is 15.2. The molecule has 0 aliphatic carbocycles. The van der Waals surface area contributed by atoms with Crippen LogP contribution >= 0.6 is 23.2 Å². The summed E-state index contributed by atoms with van der Waals surface area (Å²) in [5.41, 5.74) is 0.938. The third-order valence-electron chi connectivity index (χ3n) is 4.22. The first-order chi connectivity index (χ1) is 11.4. The fourth-order valence-corrected chi connectivity index (χ4v) is 5.49. The van der Waals surface area contributed by atoms with Gasteiger partial charge in [-0.25, -0.2) is 8.42 Å². The molecule has 0 aromatic heterocycles. The lowest BCUT2D eigenvalue weighted by atomic mass is 9.98. The van der Waals surface area contributed by atoms with Crippen molar-refractivity contribution < 1.29 is 13.5 Å². The Bertz CT molecular complexity index is 840. The van der Waals surface area contributed by atoms with Crippen molar-refractivity contribution in [2.45, 2.75) is 30.2 Å². The lowest BCUT2D eigenvalue weighted by Crippen LogP contribution is -2.38. The van der Waals surface area contributed by atoms with Gasteiger partial charge in [-0.1, -0.05) is 60.0 Å². The van der Waals surface area contributed by atoms with Crippen LogP contribution in [0.4, 0.5) is 0 Å². The van der Waals surface area contributed by atoms with E-state index >= 15 is 0 Å². The minimum atomic E-state index is -3.92. The van der Waals surface area contributed by atoms with Crippen molar-refractivity contribution in [3.05, 3.63) is 58.1 Å². The van der Waals surface area contributed by atoms with Crippen LogP contribution < -0.4 is 0 Å². The molecule has 1 fully saturated rings. The van der Waals surface area contributed by atoms with E-state index in [-0.39, 0.29) is 21.0 Å². The molecule has 3 rings (SSSR count). The molecule has 1 heterocycles. The number of aromatic hydroxyl groups is 1. The molecular weight excluding hydrogens is 369 g/mol. The Balaban J connectivity index is 2.07. The maximum Gasteiger partial charge on any atom is 0.247 e. The van der Waals surface area contributed by atoms with E-state index in [1.165, 1.54) is 16.4 Å². The molecule has 0 amide bonds. The zero-order valence-electron chi connectivity index (χ0n) is 12.8. The topological polar surface area (TPSA) is 57.6 Å². The van der Waals surface area contributed by atoms with E-state index in [9.17, 15) is 13.5 Å². The average Bonchev–Trinajstić information content (AvgIpc) is 2.58. The summed E-state index contributed by atoms with van der Waals surface area (Å²) in [6, 6.07) is 11.8. The van der Waals surface area contributed by atoms with E-state index in [1.54, 1.807) is 0 Å². The van der Waals surface area contributed by atoms with E-state index in [1.807, 2.05) is 30.3 Å². The van der Waals surface area contributed by atoms with Crippen molar-refractivity contribution in [3.63, 3.8) is 0 Å². The number of sulfonamides is 1. The number of rotatable bonds is 3. The third kappa shape index (κ3) is 3.26. The van der Waals surface area contributed by atoms with Gasteiger partial charge in [0.15, 0.2) is 5.75 Å². The molecule has 7 heteroatoms. The van der Waals surface area contributed by atoms with Gasteiger partial charge in [0.2, 0.25) is 10.0 Å². The molecule has 1 atom stereocenters. The third-order valence-corrected chi connectivity index (χ3v) is 6.65. The molecule has 24 heavy (non-hydrogen) atoms. The SMILES string of the molecule is O=S(=O)(c1cc(Cl)cc(Cl)c1O)N1CCCCC1c1ccccc1. The number of halogens is 2. The Kier molecular flexibility index (Phi) is 5.06. The van der Waals surface area contributed by atoms with Crippen LogP contribution in [0.15, 0.2) is 47.4 Å². The van der Waals surface area contributed by atoms with Crippen LogP contribution in [0.3, 0.4) is 0 Å². The fourth-order valence-electron chi connectivity index (χ4n) is 3.07. The minimum Gasteiger partial charge on any atom is -0.505 e. The number of benzene rings is 2. The largest absolute Gasteiger partial charge is 0.505 e. The molecular formula is C17H17Cl2NO3S. The van der Waals surface area contributed by atoms with Gasteiger partial charge in [0.1, 0.15) is 4.90 Å². The Labute approximate surface area is 151 Å². The van der Waals surface area contributed by atoms with Crippen molar-refractivity contribution in [1.82, 2.24) is 4.31 Å². The molecule has 2 aromatic rings. The highest BCUT2D eigenvalue weighted by molar-refractivity contribution is 7.89. The molecule has 0 saturated carbocycles. The highest BCUT2D eigenvalue weighted by Gasteiger charge is 2.36. The monoisotopic (exact) mass is 385 g/mol. The number of phenols is 1. The second kappa shape index (κ2) is 6.92. The molecule has 1 N–H and O–H groups in total. The lowest BCUT2D eigenvalue weighted by Gasteiger charge is -2.35. The predicted molar refractivity (Wildman–Crippen MR) is 95.1 cm³/mol. The molecule has 0 bridgehead atoms. The quantitative estimate of drug-likeness (QED) is 0.838. The summed E-state index contributed by atoms with van der Waals surface area (Å²) in [5.74, 6) is -0.460. The van der Waals surface area contributed by atoms with Gasteiger partial charge in [0, 0.05) is 11.6 Å². The van der Waals surface area contributed by atoms with Gasteiger partial charge in [-0.15, -0.1) is 0 Å². The van der Waals surface area contributed by atoms with E-state index in [2.05, 4.69) is 0 Å². The van der Waals surface area contributed by atoms with Crippen molar-refractivity contribution in [2.75, 3.05) is 6.54 Å². The van der Waals surface area contributed by atoms with Crippen LogP contribution in [0.5, 0.6) is 5.75 Å². The molecule has 2 aromatic carbocycles. The van der Waals surface area contributed by atoms with Crippen LogP contribution in [0.1, 0.15) is 30.9 Å². The summed E-state index contributed by atoms with van der Waals surface area (Å²) in [6.07, 6.45) is 2.46. The number of nitrogens with zero attached hydrogens (tertiary/aromatic N) is 1. The summed E-state index contributed by atoms with van der Waals surface area (Å²) < 4.78 is 27.7. The summed E-state index contributed by atoms with van der Waals surface area (Å²) in [6.45, 7) is 0.394. The van der Waals surface area contributed by atoms with Crippen LogP contribution in [0.25, 0.3) is 0 Å². The molecule has 1 unspecified atom stereocenters. The Morgan fingerprint density at radius 1 is 1.08 bits per heavy atom. The highest BCUT2D eigenvalue weighted by Crippen LogP contribution is 2.40. The maximum absolute atomic E-state index is 13.1. The van der Waals surface area contributed by atoms with Gasteiger partial charge < -0.3 is 5.11 Å². The molecule has 1 aliphatic rings. The second-order valence-corrected chi connectivity index (χ2v) is 8.47. The van der Waals surface area contributed by atoms with Crippen molar-refractivity contribution >= 4 is 33.2 Å². The van der Waals surface area contributed by atoms with E-state index in [0.29, 0.717) is 6.54 Å². The number of hydrogen-bond acceptors (Lipinski definition) is 3. The normalized spacial score (nSPS) is 19.3. The van der Waals surface area contributed by atoms with Crippen LogP contribution in [-0.2, 0) is 10.0 Å². The first-order valence-electron chi connectivity index (χ1n) is 7.66. The summed E-state index contributed by atoms with van der Waals surface area (Å²) in [7, 11) is -3.92. The number of hydrogen-bond donors (Lipinski definition) is 1. The van der Waals surface area contributed by atoms with Gasteiger partial charge in [-0.2, -0.15) is 4.31 Å². The fraction of sp³-hybridized carbons (Fsp3) is 0.294. The first kappa shape index (κ1) is 17.5. The summed E-state index contributed by atoms with van der Waals surface area (Å²) >= 11 is 11.8. The van der Waals surface area contributed by atoms with Gasteiger partial charge in [-0.05, 0) is 30.5 Å². The van der Waals surface area contributed by atoms with Crippen LogP contribution in [-0.4, -0.2) is 24.4 Å². The van der Waals surface area contributed by atoms with Gasteiger partial charge >= 0.3 is 0 Å². The van der Waals surface area contributed by atoms with Crippen molar-refractivity contribution in [1.29, 1.82) is 0 Å². The molecule has 128 valence electrons. The second-order valence-electron chi connectivity index (χ2n) is 5.77. The zero-order chi connectivity index (χ0) is 17.3. The summed E-state index contributed by atoms with van der Waals surface area (Å²) in [5, 5.41) is 10.2. The molecule has 1 saturated heterocycles. The van der Waals surface area contributed by atoms with Gasteiger partial charge in [-0.3, -0.25) is 0 Å². The van der Waals surface area contributed by atoms with E-state index < -0.39 is 15.8 Å². The van der Waals surface area contributed by atoms with Gasteiger partial charge in [0.05, 0.1) is 11.1 Å². The molecule has 0 radical (unpaired) electrons.